The van der Waals surface area contributed by atoms with E-state index < -0.39 is 17.9 Å². The molecule has 1 atom stereocenters. The molecule has 0 amide bonds. The molecule has 0 radical (unpaired) electrons. The van der Waals surface area contributed by atoms with Crippen molar-refractivity contribution in [1.29, 1.82) is 5.26 Å². The average Bonchev–Trinajstić information content (AvgIpc) is 2.65. The number of nitrogens with two attached hydrogens (primary N) is 1. The summed E-state index contributed by atoms with van der Waals surface area (Å²) in [7, 11) is 1.26. The van der Waals surface area contributed by atoms with E-state index in [4.69, 9.17) is 19.9 Å². The summed E-state index contributed by atoms with van der Waals surface area (Å²) in [6.45, 7) is 3.17. The highest BCUT2D eigenvalue weighted by molar-refractivity contribution is 5.92. The molecule has 27 heavy (non-hydrogen) atoms. The standard InChI is InChI=1S/C19H20N2O6/c1-4-25-19(23)16-11(2)27-18(21)14(9-20)17(16)12-6-5-7-13(8-12)26-10-15(22)24-3/h5-8,17H,4,10,21H2,1-3H3. The van der Waals surface area contributed by atoms with Gasteiger partial charge in [-0.1, -0.05) is 12.1 Å². The van der Waals surface area contributed by atoms with Crippen LogP contribution in [-0.4, -0.2) is 32.3 Å². The second-order valence-corrected chi connectivity index (χ2v) is 5.55. The summed E-state index contributed by atoms with van der Waals surface area (Å²) in [5, 5.41) is 9.55. The minimum atomic E-state index is -0.774. The van der Waals surface area contributed by atoms with Gasteiger partial charge in [-0.05, 0) is 31.5 Å². The lowest BCUT2D eigenvalue weighted by atomic mass is 9.83. The summed E-state index contributed by atoms with van der Waals surface area (Å²) in [6, 6.07) is 8.67. The van der Waals surface area contributed by atoms with Crippen LogP contribution >= 0.6 is 0 Å². The van der Waals surface area contributed by atoms with Crippen molar-refractivity contribution >= 4 is 11.9 Å². The maximum Gasteiger partial charge on any atom is 0.343 e. The first kappa shape index (κ1) is 19.8. The normalized spacial score (nSPS) is 16.3. The number of ether oxygens (including phenoxy) is 4. The number of rotatable bonds is 6. The number of benzene rings is 1. The molecule has 0 saturated heterocycles. The van der Waals surface area contributed by atoms with E-state index in [1.165, 1.54) is 7.11 Å². The smallest absolute Gasteiger partial charge is 0.343 e. The first-order valence-electron chi connectivity index (χ1n) is 8.17. The highest BCUT2D eigenvalue weighted by Crippen LogP contribution is 2.40. The van der Waals surface area contributed by atoms with Gasteiger partial charge in [0.15, 0.2) is 6.61 Å². The maximum atomic E-state index is 12.5. The van der Waals surface area contributed by atoms with E-state index in [1.807, 2.05) is 6.07 Å². The predicted octanol–water partition coefficient (Wildman–Crippen LogP) is 1.88. The number of nitriles is 1. The van der Waals surface area contributed by atoms with Crippen LogP contribution < -0.4 is 10.5 Å². The SMILES string of the molecule is CCOC(=O)C1=C(C)OC(N)=C(C#N)C1c1cccc(OCC(=O)OC)c1. The molecule has 1 aliphatic heterocycles. The monoisotopic (exact) mass is 372 g/mol. The number of methoxy groups -OCH3 is 1. The minimum Gasteiger partial charge on any atom is -0.482 e. The Morgan fingerprint density at radius 3 is 2.74 bits per heavy atom. The third-order valence-electron chi connectivity index (χ3n) is 3.88. The average molecular weight is 372 g/mol. The molecule has 1 heterocycles. The second kappa shape index (κ2) is 8.76. The Kier molecular flexibility index (Phi) is 6.44. The number of carbonyl (C=O) groups excluding carboxylic acids is 2. The summed E-state index contributed by atoms with van der Waals surface area (Å²) >= 11 is 0. The molecule has 0 aliphatic carbocycles. The van der Waals surface area contributed by atoms with E-state index >= 15 is 0 Å². The Balaban J connectivity index is 2.47. The number of esters is 2. The zero-order valence-corrected chi connectivity index (χ0v) is 15.3. The van der Waals surface area contributed by atoms with Crippen LogP contribution in [0.4, 0.5) is 0 Å². The summed E-state index contributed by atoms with van der Waals surface area (Å²) in [5.74, 6) is -1.34. The molecule has 0 bridgehead atoms. The molecule has 0 saturated carbocycles. The van der Waals surface area contributed by atoms with Gasteiger partial charge in [-0.2, -0.15) is 5.26 Å². The molecule has 0 spiro atoms. The molecule has 1 unspecified atom stereocenters. The van der Waals surface area contributed by atoms with Crippen LogP contribution in [0.3, 0.4) is 0 Å². The van der Waals surface area contributed by atoms with Gasteiger partial charge < -0.3 is 24.7 Å². The molecule has 0 fully saturated rings. The summed E-state index contributed by atoms with van der Waals surface area (Å²) < 4.78 is 20.4. The van der Waals surface area contributed by atoms with Crippen molar-refractivity contribution in [3.05, 3.63) is 52.6 Å². The Morgan fingerprint density at radius 2 is 2.11 bits per heavy atom. The van der Waals surface area contributed by atoms with Crippen LogP contribution in [-0.2, 0) is 23.8 Å². The first-order chi connectivity index (χ1) is 12.9. The van der Waals surface area contributed by atoms with Crippen molar-refractivity contribution in [1.82, 2.24) is 0 Å². The van der Waals surface area contributed by atoms with Gasteiger partial charge in [0.1, 0.15) is 23.2 Å². The highest BCUT2D eigenvalue weighted by Gasteiger charge is 2.36. The largest absolute Gasteiger partial charge is 0.482 e. The van der Waals surface area contributed by atoms with Crippen LogP contribution in [0.5, 0.6) is 5.75 Å². The van der Waals surface area contributed by atoms with Gasteiger partial charge in [0.2, 0.25) is 5.88 Å². The zero-order chi connectivity index (χ0) is 20.0. The summed E-state index contributed by atoms with van der Waals surface area (Å²) in [4.78, 5) is 23.7. The van der Waals surface area contributed by atoms with Gasteiger partial charge in [-0.3, -0.25) is 0 Å². The Morgan fingerprint density at radius 1 is 1.37 bits per heavy atom. The van der Waals surface area contributed by atoms with Crippen LogP contribution in [0, 0.1) is 11.3 Å². The van der Waals surface area contributed by atoms with E-state index in [1.54, 1.807) is 38.1 Å². The fourth-order valence-electron chi connectivity index (χ4n) is 2.67. The van der Waals surface area contributed by atoms with Gasteiger partial charge in [0.05, 0.1) is 25.2 Å². The quantitative estimate of drug-likeness (QED) is 0.751. The Hall–Kier alpha value is -3.47. The lowest BCUT2D eigenvalue weighted by Crippen LogP contribution is -2.25. The number of allylic oxidation sites excluding steroid dienone is 2. The van der Waals surface area contributed by atoms with Gasteiger partial charge in [-0.15, -0.1) is 0 Å². The Bertz CT molecular complexity index is 850. The van der Waals surface area contributed by atoms with E-state index in [0.717, 1.165) is 0 Å². The number of carbonyl (C=O) groups is 2. The third-order valence-corrected chi connectivity index (χ3v) is 3.88. The molecule has 8 heteroatoms. The molecule has 1 aromatic rings. The fourth-order valence-corrected chi connectivity index (χ4v) is 2.67. The van der Waals surface area contributed by atoms with E-state index in [0.29, 0.717) is 11.3 Å². The maximum absolute atomic E-state index is 12.5. The van der Waals surface area contributed by atoms with Crippen molar-refractivity contribution in [3.8, 4) is 11.8 Å². The molecular formula is C19H20N2O6. The van der Waals surface area contributed by atoms with Gasteiger partial charge in [0.25, 0.3) is 0 Å². The minimum absolute atomic E-state index is 0.0751. The molecule has 1 aromatic carbocycles. The van der Waals surface area contributed by atoms with Crippen molar-refractivity contribution in [2.45, 2.75) is 19.8 Å². The van der Waals surface area contributed by atoms with Crippen LogP contribution in [0.1, 0.15) is 25.3 Å². The molecule has 2 N–H and O–H groups in total. The van der Waals surface area contributed by atoms with Crippen LogP contribution in [0.15, 0.2) is 47.1 Å². The lowest BCUT2D eigenvalue weighted by Gasteiger charge is -2.27. The Labute approximate surface area is 156 Å². The third kappa shape index (κ3) is 4.39. The summed E-state index contributed by atoms with van der Waals surface area (Å²) in [6.07, 6.45) is 0. The van der Waals surface area contributed by atoms with Crippen molar-refractivity contribution in [2.24, 2.45) is 5.73 Å². The van der Waals surface area contributed by atoms with Crippen molar-refractivity contribution in [3.63, 3.8) is 0 Å². The van der Waals surface area contributed by atoms with Gasteiger partial charge in [0, 0.05) is 0 Å². The highest BCUT2D eigenvalue weighted by atomic mass is 16.6. The van der Waals surface area contributed by atoms with Gasteiger partial charge >= 0.3 is 11.9 Å². The van der Waals surface area contributed by atoms with Crippen LogP contribution in [0.25, 0.3) is 0 Å². The number of hydrogen-bond acceptors (Lipinski definition) is 8. The number of hydrogen-bond donors (Lipinski definition) is 1. The topological polar surface area (TPSA) is 121 Å². The first-order valence-corrected chi connectivity index (χ1v) is 8.17. The van der Waals surface area contributed by atoms with E-state index in [2.05, 4.69) is 4.74 Å². The molecule has 8 nitrogen and oxygen atoms in total. The molecule has 142 valence electrons. The fraction of sp³-hybridized carbons (Fsp3) is 0.316. The molecule has 1 aliphatic rings. The van der Waals surface area contributed by atoms with E-state index in [-0.39, 0.29) is 36.0 Å². The molecule has 2 rings (SSSR count). The van der Waals surface area contributed by atoms with Gasteiger partial charge in [-0.25, -0.2) is 9.59 Å². The molecular weight excluding hydrogens is 352 g/mol. The predicted molar refractivity (Wildman–Crippen MR) is 93.9 cm³/mol. The summed E-state index contributed by atoms with van der Waals surface area (Å²) in [5.41, 5.74) is 6.71. The number of nitrogens with zero attached hydrogens (tertiary/aromatic N) is 1. The second-order valence-electron chi connectivity index (χ2n) is 5.55. The van der Waals surface area contributed by atoms with Crippen molar-refractivity contribution < 1.29 is 28.5 Å². The van der Waals surface area contributed by atoms with Crippen LogP contribution in [0.2, 0.25) is 0 Å². The lowest BCUT2D eigenvalue weighted by molar-refractivity contribution is -0.143. The van der Waals surface area contributed by atoms with E-state index in [9.17, 15) is 14.9 Å². The van der Waals surface area contributed by atoms with Crippen molar-refractivity contribution in [2.75, 3.05) is 20.3 Å². The zero-order valence-electron chi connectivity index (χ0n) is 15.3. The molecule has 0 aromatic heterocycles.